The van der Waals surface area contributed by atoms with E-state index in [9.17, 15) is 9.59 Å². The van der Waals surface area contributed by atoms with Gasteiger partial charge >= 0.3 is 12.0 Å². The molecule has 0 fully saturated rings. The fourth-order valence-electron chi connectivity index (χ4n) is 1.72. The van der Waals surface area contributed by atoms with Crippen molar-refractivity contribution in [3.8, 4) is 0 Å². The highest BCUT2D eigenvalue weighted by atomic mass is 16.4. The van der Waals surface area contributed by atoms with E-state index < -0.39 is 5.97 Å². The first-order valence-electron chi connectivity index (χ1n) is 6.27. The maximum atomic E-state index is 11.6. The molecule has 1 heterocycles. The first-order valence-corrected chi connectivity index (χ1v) is 6.27. The van der Waals surface area contributed by atoms with E-state index in [1.807, 2.05) is 6.07 Å². The average molecular weight is 286 g/mol. The van der Waals surface area contributed by atoms with Gasteiger partial charge in [0.2, 0.25) is 0 Å². The van der Waals surface area contributed by atoms with E-state index in [2.05, 4.69) is 20.6 Å². The highest BCUT2D eigenvalue weighted by Crippen LogP contribution is 2.06. The number of anilines is 1. The van der Waals surface area contributed by atoms with Gasteiger partial charge in [0, 0.05) is 6.54 Å². The van der Waals surface area contributed by atoms with Crippen LogP contribution in [0.2, 0.25) is 0 Å². The Hall–Kier alpha value is -2.96. The van der Waals surface area contributed by atoms with Gasteiger partial charge in [-0.25, -0.2) is 19.6 Å². The fourth-order valence-corrected chi connectivity index (χ4v) is 1.72. The Morgan fingerprint density at radius 2 is 1.95 bits per heavy atom. The average Bonchev–Trinajstić information content (AvgIpc) is 2.48. The summed E-state index contributed by atoms with van der Waals surface area (Å²) in [4.78, 5) is 30.0. The number of urea groups is 1. The lowest BCUT2D eigenvalue weighted by Gasteiger charge is -2.07. The van der Waals surface area contributed by atoms with Crippen molar-refractivity contribution in [2.24, 2.45) is 0 Å². The van der Waals surface area contributed by atoms with Crippen molar-refractivity contribution in [1.82, 2.24) is 15.3 Å². The second kappa shape index (κ2) is 6.99. The number of carboxylic acid groups (broad SMARTS) is 1. The van der Waals surface area contributed by atoms with Crippen LogP contribution in [0.4, 0.5) is 10.5 Å². The second-order valence-electron chi connectivity index (χ2n) is 4.26. The van der Waals surface area contributed by atoms with Gasteiger partial charge in [0.1, 0.15) is 6.33 Å². The summed E-state index contributed by atoms with van der Waals surface area (Å²) in [5.74, 6) is -0.966. The number of carboxylic acids is 1. The Morgan fingerprint density at radius 3 is 2.67 bits per heavy atom. The van der Waals surface area contributed by atoms with Gasteiger partial charge in [0.25, 0.3) is 0 Å². The van der Waals surface area contributed by atoms with Gasteiger partial charge in [-0.3, -0.25) is 0 Å². The van der Waals surface area contributed by atoms with Crippen LogP contribution in [0.5, 0.6) is 0 Å². The molecule has 0 radical (unpaired) electrons. The molecular weight excluding hydrogens is 272 g/mol. The molecule has 0 aliphatic carbocycles. The highest BCUT2D eigenvalue weighted by Gasteiger charge is 2.04. The first kappa shape index (κ1) is 14.4. The Balaban J connectivity index is 1.80. The molecule has 0 bridgehead atoms. The summed E-state index contributed by atoms with van der Waals surface area (Å²) in [6.45, 7) is 0.391. The lowest BCUT2D eigenvalue weighted by molar-refractivity contribution is 0.0696. The van der Waals surface area contributed by atoms with E-state index in [0.717, 1.165) is 5.56 Å². The quantitative estimate of drug-likeness (QED) is 0.773. The molecule has 108 valence electrons. The summed E-state index contributed by atoms with van der Waals surface area (Å²) >= 11 is 0. The SMILES string of the molecule is O=C(NCCc1cccc(C(=O)O)c1)Nc1cncnc1. The molecule has 3 N–H and O–H groups in total. The molecule has 0 aliphatic rings. The highest BCUT2D eigenvalue weighted by molar-refractivity contribution is 5.89. The minimum Gasteiger partial charge on any atom is -0.478 e. The number of nitrogens with zero attached hydrogens (tertiary/aromatic N) is 2. The van der Waals surface area contributed by atoms with Gasteiger partial charge in [-0.1, -0.05) is 12.1 Å². The molecule has 0 spiro atoms. The van der Waals surface area contributed by atoms with Crippen LogP contribution in [0.15, 0.2) is 43.0 Å². The van der Waals surface area contributed by atoms with Gasteiger partial charge in [-0.2, -0.15) is 0 Å². The van der Waals surface area contributed by atoms with Gasteiger partial charge in [0.05, 0.1) is 23.6 Å². The number of hydrogen-bond acceptors (Lipinski definition) is 4. The van der Waals surface area contributed by atoms with Crippen molar-refractivity contribution < 1.29 is 14.7 Å². The maximum absolute atomic E-state index is 11.6. The number of aromatic nitrogens is 2. The number of aromatic carboxylic acids is 1. The number of benzene rings is 1. The molecular formula is C14H14N4O3. The summed E-state index contributed by atoms with van der Waals surface area (Å²) in [6.07, 6.45) is 4.89. The molecule has 0 unspecified atom stereocenters. The molecule has 21 heavy (non-hydrogen) atoms. The van der Waals surface area contributed by atoms with Gasteiger partial charge in [-0.15, -0.1) is 0 Å². The van der Waals surface area contributed by atoms with E-state index in [0.29, 0.717) is 18.7 Å². The van der Waals surface area contributed by atoms with Crippen LogP contribution in [0, 0.1) is 0 Å². The molecule has 7 nitrogen and oxygen atoms in total. The van der Waals surface area contributed by atoms with Crippen molar-refractivity contribution >= 4 is 17.7 Å². The fraction of sp³-hybridized carbons (Fsp3) is 0.143. The Kier molecular flexibility index (Phi) is 4.81. The lowest BCUT2D eigenvalue weighted by Crippen LogP contribution is -2.30. The monoisotopic (exact) mass is 286 g/mol. The molecule has 0 atom stereocenters. The minimum atomic E-state index is -0.966. The van der Waals surface area contributed by atoms with Gasteiger partial charge in [0.15, 0.2) is 0 Å². The van der Waals surface area contributed by atoms with Crippen LogP contribution in [-0.2, 0) is 6.42 Å². The Morgan fingerprint density at radius 1 is 1.19 bits per heavy atom. The van der Waals surface area contributed by atoms with Crippen LogP contribution in [0.25, 0.3) is 0 Å². The van der Waals surface area contributed by atoms with Crippen molar-refractivity contribution in [3.05, 3.63) is 54.1 Å². The van der Waals surface area contributed by atoms with Crippen molar-refractivity contribution in [2.45, 2.75) is 6.42 Å². The van der Waals surface area contributed by atoms with Crippen LogP contribution in [-0.4, -0.2) is 33.6 Å². The zero-order valence-corrected chi connectivity index (χ0v) is 11.1. The van der Waals surface area contributed by atoms with Gasteiger partial charge in [-0.05, 0) is 24.1 Å². The smallest absolute Gasteiger partial charge is 0.335 e. The molecule has 2 amide bonds. The molecule has 7 heteroatoms. The summed E-state index contributed by atoms with van der Waals surface area (Å²) in [7, 11) is 0. The number of carbonyl (C=O) groups excluding carboxylic acids is 1. The second-order valence-corrected chi connectivity index (χ2v) is 4.26. The zero-order valence-electron chi connectivity index (χ0n) is 11.1. The molecule has 1 aromatic carbocycles. The zero-order chi connectivity index (χ0) is 15.1. The number of hydrogen-bond donors (Lipinski definition) is 3. The molecule has 2 rings (SSSR count). The minimum absolute atomic E-state index is 0.235. The predicted octanol–water partition coefficient (Wildman–Crippen LogP) is 1.54. The third-order valence-electron chi connectivity index (χ3n) is 2.69. The van der Waals surface area contributed by atoms with E-state index in [1.165, 1.54) is 24.8 Å². The summed E-state index contributed by atoms with van der Waals surface area (Å²) in [5, 5.41) is 14.2. The first-order chi connectivity index (χ1) is 10.1. The van der Waals surface area contributed by atoms with Crippen molar-refractivity contribution in [2.75, 3.05) is 11.9 Å². The van der Waals surface area contributed by atoms with Crippen LogP contribution in [0.1, 0.15) is 15.9 Å². The van der Waals surface area contributed by atoms with Crippen LogP contribution < -0.4 is 10.6 Å². The number of carbonyl (C=O) groups is 2. The summed E-state index contributed by atoms with van der Waals surface area (Å²) < 4.78 is 0. The van der Waals surface area contributed by atoms with E-state index >= 15 is 0 Å². The van der Waals surface area contributed by atoms with Crippen LogP contribution >= 0.6 is 0 Å². The standard InChI is InChI=1S/C14H14N4O3/c19-13(20)11-3-1-2-10(6-11)4-5-17-14(21)18-12-7-15-9-16-8-12/h1-3,6-9H,4-5H2,(H,19,20)(H2,17,18,21). The largest absolute Gasteiger partial charge is 0.478 e. The molecule has 1 aromatic heterocycles. The molecule has 0 saturated heterocycles. The Bertz CT molecular complexity index is 631. The molecule has 0 aliphatic heterocycles. The summed E-state index contributed by atoms with van der Waals surface area (Å²) in [6, 6.07) is 6.25. The van der Waals surface area contributed by atoms with Crippen molar-refractivity contribution in [1.29, 1.82) is 0 Å². The normalized spacial score (nSPS) is 9.90. The third-order valence-corrected chi connectivity index (χ3v) is 2.69. The maximum Gasteiger partial charge on any atom is 0.335 e. The van der Waals surface area contributed by atoms with Gasteiger partial charge < -0.3 is 15.7 Å². The van der Waals surface area contributed by atoms with E-state index in [-0.39, 0.29) is 11.6 Å². The number of nitrogens with one attached hydrogen (secondary N) is 2. The van der Waals surface area contributed by atoms with E-state index in [4.69, 9.17) is 5.11 Å². The van der Waals surface area contributed by atoms with Crippen molar-refractivity contribution in [3.63, 3.8) is 0 Å². The Labute approximate surface area is 121 Å². The number of rotatable bonds is 5. The van der Waals surface area contributed by atoms with E-state index in [1.54, 1.807) is 12.1 Å². The third kappa shape index (κ3) is 4.57. The number of amides is 2. The lowest BCUT2D eigenvalue weighted by atomic mass is 10.1. The molecule has 2 aromatic rings. The summed E-state index contributed by atoms with van der Waals surface area (Å²) in [5.41, 5.74) is 1.58. The predicted molar refractivity (Wildman–Crippen MR) is 76.2 cm³/mol. The topological polar surface area (TPSA) is 104 Å². The molecule has 0 saturated carbocycles. The van der Waals surface area contributed by atoms with Crippen LogP contribution in [0.3, 0.4) is 0 Å².